The van der Waals surface area contributed by atoms with Crippen LogP contribution in [0.5, 0.6) is 0 Å². The van der Waals surface area contributed by atoms with Gasteiger partial charge in [0.15, 0.2) is 0 Å². The Labute approximate surface area is 212 Å². The van der Waals surface area contributed by atoms with E-state index in [0.717, 1.165) is 53.8 Å². The van der Waals surface area contributed by atoms with Gasteiger partial charge in [-0.3, -0.25) is 9.36 Å². The lowest BCUT2D eigenvalue weighted by Crippen LogP contribution is -2.43. The Bertz CT molecular complexity index is 1300. The van der Waals surface area contributed by atoms with Crippen LogP contribution >= 0.6 is 0 Å². The third-order valence-electron chi connectivity index (χ3n) is 8.03. The number of rotatable bonds is 6. The number of hydrogen-bond donors (Lipinski definition) is 1. The van der Waals surface area contributed by atoms with Gasteiger partial charge in [-0.05, 0) is 68.0 Å². The fourth-order valence-corrected chi connectivity index (χ4v) is 6.17. The molecule has 1 N–H and O–H groups in total. The van der Waals surface area contributed by atoms with Crippen LogP contribution in [0.2, 0.25) is 0 Å². The summed E-state index contributed by atoms with van der Waals surface area (Å²) in [5.41, 5.74) is 3.96. The summed E-state index contributed by atoms with van der Waals surface area (Å²) in [5.74, 6) is 1.34. The lowest BCUT2D eigenvalue weighted by atomic mass is 9.82. The number of amides is 1. The van der Waals surface area contributed by atoms with Crippen LogP contribution in [0.3, 0.4) is 0 Å². The molecule has 6 rings (SSSR count). The fourth-order valence-electron chi connectivity index (χ4n) is 6.17. The third kappa shape index (κ3) is 4.54. The molecule has 7 nitrogen and oxygen atoms in total. The number of carbonyl (C=O) groups is 1. The summed E-state index contributed by atoms with van der Waals surface area (Å²) in [6, 6.07) is 16.6. The van der Waals surface area contributed by atoms with Gasteiger partial charge in [-0.1, -0.05) is 50.7 Å². The number of hydrogen-bond acceptors (Lipinski definition) is 4. The lowest BCUT2D eigenvalue weighted by Gasteiger charge is -2.33. The van der Waals surface area contributed by atoms with Crippen molar-refractivity contribution in [2.45, 2.75) is 76.3 Å². The van der Waals surface area contributed by atoms with E-state index in [0.29, 0.717) is 12.0 Å². The zero-order valence-electron chi connectivity index (χ0n) is 20.7. The number of nitrogens with zero attached hydrogens (tertiary/aromatic N) is 5. The minimum atomic E-state index is -0.257. The Balaban J connectivity index is 1.43. The maximum atomic E-state index is 14.1. The Morgan fingerprint density at radius 1 is 0.833 bits per heavy atom. The Morgan fingerprint density at radius 2 is 1.50 bits per heavy atom. The molecule has 2 fully saturated rings. The molecule has 0 spiro atoms. The van der Waals surface area contributed by atoms with E-state index in [1.54, 1.807) is 12.7 Å². The van der Waals surface area contributed by atoms with Crippen LogP contribution in [-0.2, 0) is 4.79 Å². The van der Waals surface area contributed by atoms with Gasteiger partial charge < -0.3 is 9.88 Å². The Kier molecular flexibility index (Phi) is 6.53. The van der Waals surface area contributed by atoms with E-state index in [2.05, 4.69) is 62.5 Å². The third-order valence-corrected chi connectivity index (χ3v) is 8.03. The highest BCUT2D eigenvalue weighted by atomic mass is 16.2. The van der Waals surface area contributed by atoms with E-state index < -0.39 is 0 Å². The lowest BCUT2D eigenvalue weighted by molar-refractivity contribution is -0.127. The molecule has 1 unspecified atom stereocenters. The smallest absolute Gasteiger partial charge is 0.243 e. The van der Waals surface area contributed by atoms with Gasteiger partial charge in [0.2, 0.25) is 5.91 Å². The summed E-state index contributed by atoms with van der Waals surface area (Å²) in [4.78, 5) is 19.1. The highest BCUT2D eigenvalue weighted by Crippen LogP contribution is 2.38. The molecule has 0 saturated heterocycles. The monoisotopic (exact) mass is 482 g/mol. The van der Waals surface area contributed by atoms with Crippen molar-refractivity contribution in [2.75, 3.05) is 0 Å². The van der Waals surface area contributed by atoms with Gasteiger partial charge in [0.1, 0.15) is 24.5 Å². The SMILES string of the molecule is O=C(NC1CCCCC1)C(C1CCCCC1)n1c(-c2ccc(-n3cnnc3)cc2)nc2ccccc21. The van der Waals surface area contributed by atoms with Gasteiger partial charge in [0.25, 0.3) is 0 Å². The van der Waals surface area contributed by atoms with Crippen LogP contribution < -0.4 is 5.32 Å². The van der Waals surface area contributed by atoms with E-state index in [1.165, 1.54) is 38.5 Å². The highest BCUT2D eigenvalue weighted by molar-refractivity contribution is 5.87. The summed E-state index contributed by atoms with van der Waals surface area (Å²) in [6.07, 6.45) is 15.1. The van der Waals surface area contributed by atoms with Crippen molar-refractivity contribution in [2.24, 2.45) is 5.92 Å². The number of imidazole rings is 1. The fraction of sp³-hybridized carbons (Fsp3) is 0.448. The second-order valence-electron chi connectivity index (χ2n) is 10.4. The first-order valence-electron chi connectivity index (χ1n) is 13.5. The highest BCUT2D eigenvalue weighted by Gasteiger charge is 2.35. The molecule has 186 valence electrons. The van der Waals surface area contributed by atoms with Crippen molar-refractivity contribution >= 4 is 16.9 Å². The largest absolute Gasteiger partial charge is 0.352 e. The average Bonchev–Trinajstić information content (AvgIpc) is 3.60. The standard InChI is InChI=1S/C29H34N6O/c36-29(32-23-11-5-2-6-12-23)27(21-9-3-1-4-10-21)35-26-14-8-7-13-25(26)33-28(35)22-15-17-24(18-16-22)34-19-30-31-20-34/h7-8,13-21,23,27H,1-6,9-12H2,(H,32,36). The van der Waals surface area contributed by atoms with Gasteiger partial charge >= 0.3 is 0 Å². The summed E-state index contributed by atoms with van der Waals surface area (Å²) in [6.45, 7) is 0. The first-order chi connectivity index (χ1) is 17.8. The predicted molar refractivity (Wildman–Crippen MR) is 141 cm³/mol. The van der Waals surface area contributed by atoms with Crippen molar-refractivity contribution in [1.82, 2.24) is 29.6 Å². The maximum absolute atomic E-state index is 14.1. The van der Waals surface area contributed by atoms with E-state index in [9.17, 15) is 4.79 Å². The number of aromatic nitrogens is 5. The van der Waals surface area contributed by atoms with E-state index >= 15 is 0 Å². The molecular weight excluding hydrogens is 448 g/mol. The number of benzene rings is 2. The summed E-state index contributed by atoms with van der Waals surface area (Å²) in [5, 5.41) is 11.3. The number of carbonyl (C=O) groups excluding carboxylic acids is 1. The zero-order valence-corrected chi connectivity index (χ0v) is 20.7. The summed E-state index contributed by atoms with van der Waals surface area (Å²) in [7, 11) is 0. The molecule has 7 heteroatoms. The number of para-hydroxylation sites is 2. The second kappa shape index (κ2) is 10.2. The van der Waals surface area contributed by atoms with Crippen LogP contribution in [0.15, 0.2) is 61.2 Å². The normalized spacial score (nSPS) is 18.3. The van der Waals surface area contributed by atoms with Crippen molar-refractivity contribution in [3.63, 3.8) is 0 Å². The van der Waals surface area contributed by atoms with Crippen LogP contribution in [0.25, 0.3) is 28.1 Å². The molecule has 2 aliphatic carbocycles. The van der Waals surface area contributed by atoms with Gasteiger partial charge in [-0.2, -0.15) is 0 Å². The molecule has 0 radical (unpaired) electrons. The minimum absolute atomic E-state index is 0.166. The van der Waals surface area contributed by atoms with Crippen molar-refractivity contribution < 1.29 is 4.79 Å². The molecular formula is C29H34N6O. The average molecular weight is 483 g/mol. The van der Waals surface area contributed by atoms with Gasteiger partial charge in [-0.25, -0.2) is 4.98 Å². The topological polar surface area (TPSA) is 77.6 Å². The molecule has 4 aromatic rings. The molecule has 2 saturated carbocycles. The van der Waals surface area contributed by atoms with Gasteiger partial charge in [0, 0.05) is 17.3 Å². The molecule has 2 heterocycles. The second-order valence-corrected chi connectivity index (χ2v) is 10.4. The number of fused-ring (bicyclic) bond motifs is 1. The zero-order chi connectivity index (χ0) is 24.3. The first kappa shape index (κ1) is 23.0. The van der Waals surface area contributed by atoms with Gasteiger partial charge in [0.05, 0.1) is 11.0 Å². The van der Waals surface area contributed by atoms with E-state index in [-0.39, 0.29) is 11.9 Å². The minimum Gasteiger partial charge on any atom is -0.352 e. The van der Waals surface area contributed by atoms with Crippen molar-refractivity contribution in [1.29, 1.82) is 0 Å². The van der Waals surface area contributed by atoms with Crippen molar-refractivity contribution in [3.8, 4) is 17.1 Å². The van der Waals surface area contributed by atoms with Gasteiger partial charge in [-0.15, -0.1) is 10.2 Å². The van der Waals surface area contributed by atoms with Crippen LogP contribution in [0.4, 0.5) is 0 Å². The molecule has 2 aromatic carbocycles. The molecule has 2 aromatic heterocycles. The maximum Gasteiger partial charge on any atom is 0.243 e. The molecule has 1 atom stereocenters. The van der Waals surface area contributed by atoms with Crippen LogP contribution in [0, 0.1) is 5.92 Å². The molecule has 1 amide bonds. The van der Waals surface area contributed by atoms with Crippen LogP contribution in [-0.4, -0.2) is 36.3 Å². The Morgan fingerprint density at radius 3 is 2.22 bits per heavy atom. The van der Waals surface area contributed by atoms with Crippen molar-refractivity contribution in [3.05, 3.63) is 61.2 Å². The first-order valence-corrected chi connectivity index (χ1v) is 13.5. The quantitative estimate of drug-likeness (QED) is 0.374. The molecule has 0 bridgehead atoms. The molecule has 0 aliphatic heterocycles. The van der Waals surface area contributed by atoms with E-state index in [4.69, 9.17) is 4.98 Å². The molecule has 2 aliphatic rings. The summed E-state index contributed by atoms with van der Waals surface area (Å²) < 4.78 is 4.13. The van der Waals surface area contributed by atoms with E-state index in [1.807, 2.05) is 10.6 Å². The Hall–Kier alpha value is -3.48. The van der Waals surface area contributed by atoms with Crippen LogP contribution in [0.1, 0.15) is 70.3 Å². The number of nitrogens with one attached hydrogen (secondary N) is 1. The predicted octanol–water partition coefficient (Wildman–Crippen LogP) is 5.85. The molecule has 36 heavy (non-hydrogen) atoms. The summed E-state index contributed by atoms with van der Waals surface area (Å²) >= 11 is 0.